The van der Waals surface area contributed by atoms with E-state index in [9.17, 15) is 8.78 Å². The van der Waals surface area contributed by atoms with Crippen molar-refractivity contribution in [3.63, 3.8) is 0 Å². The molecule has 5 atom stereocenters. The lowest BCUT2D eigenvalue weighted by molar-refractivity contribution is 0.138. The molecule has 0 spiro atoms. The highest BCUT2D eigenvalue weighted by molar-refractivity contribution is 5.23. The zero-order valence-electron chi connectivity index (χ0n) is 10.7. The highest BCUT2D eigenvalue weighted by Crippen LogP contribution is 2.52. The van der Waals surface area contributed by atoms with E-state index in [0.717, 1.165) is 24.3 Å². The van der Waals surface area contributed by atoms with Gasteiger partial charge in [0, 0.05) is 23.7 Å². The second-order valence-corrected chi connectivity index (χ2v) is 6.27. The molecule has 2 N–H and O–H groups in total. The van der Waals surface area contributed by atoms with Gasteiger partial charge in [-0.25, -0.2) is 14.2 Å². The molecule has 2 nitrogen and oxygen atoms in total. The van der Waals surface area contributed by atoms with Crippen LogP contribution in [0.4, 0.5) is 8.78 Å². The van der Waals surface area contributed by atoms with Crippen molar-refractivity contribution in [2.75, 3.05) is 0 Å². The molecular weight excluding hydrogens is 246 g/mol. The van der Waals surface area contributed by atoms with Gasteiger partial charge in [-0.1, -0.05) is 6.07 Å². The van der Waals surface area contributed by atoms with Crippen LogP contribution >= 0.6 is 0 Å². The predicted octanol–water partition coefficient (Wildman–Crippen LogP) is 2.92. The third-order valence-electron chi connectivity index (χ3n) is 5.36. The maximum Gasteiger partial charge on any atom is 0.130 e. The minimum atomic E-state index is -0.511. The Labute approximate surface area is 111 Å². The van der Waals surface area contributed by atoms with Crippen LogP contribution in [0.25, 0.3) is 0 Å². The molecule has 1 aromatic carbocycles. The normalized spacial score (nSPS) is 40.4. The summed E-state index contributed by atoms with van der Waals surface area (Å²) in [4.78, 5) is 0. The van der Waals surface area contributed by atoms with Crippen molar-refractivity contribution in [3.8, 4) is 0 Å². The third kappa shape index (κ3) is 1.81. The lowest BCUT2D eigenvalue weighted by Crippen LogP contribution is -2.54. The molecule has 0 aromatic heterocycles. The second kappa shape index (κ2) is 4.25. The standard InChI is InChI=1S/C15H18F2N2/c16-10-3-4-11(13(17)6-10)14-7-12-8-1-2-9(5-8)15(12)19-18-14/h3-4,6,8-9,12,14-15,18-19H,1-2,5,7H2. The van der Waals surface area contributed by atoms with E-state index in [1.54, 1.807) is 6.07 Å². The number of hydrogen-bond donors (Lipinski definition) is 2. The Morgan fingerprint density at radius 2 is 1.84 bits per heavy atom. The number of halogens is 2. The van der Waals surface area contributed by atoms with Crippen molar-refractivity contribution < 1.29 is 8.78 Å². The Bertz CT molecular complexity index is 505. The third-order valence-corrected chi connectivity index (χ3v) is 5.36. The largest absolute Gasteiger partial charge is 0.254 e. The van der Waals surface area contributed by atoms with Crippen LogP contribution in [0.15, 0.2) is 18.2 Å². The molecule has 2 bridgehead atoms. The van der Waals surface area contributed by atoms with Crippen LogP contribution in [0, 0.1) is 29.4 Å². The summed E-state index contributed by atoms with van der Waals surface area (Å²) < 4.78 is 26.8. The topological polar surface area (TPSA) is 24.1 Å². The smallest absolute Gasteiger partial charge is 0.130 e. The van der Waals surface area contributed by atoms with Gasteiger partial charge in [-0.3, -0.25) is 5.43 Å². The van der Waals surface area contributed by atoms with Crippen molar-refractivity contribution in [2.24, 2.45) is 17.8 Å². The van der Waals surface area contributed by atoms with Gasteiger partial charge in [0.2, 0.25) is 0 Å². The van der Waals surface area contributed by atoms with Crippen molar-refractivity contribution in [3.05, 3.63) is 35.4 Å². The van der Waals surface area contributed by atoms with Crippen LogP contribution in [0.5, 0.6) is 0 Å². The molecule has 0 radical (unpaired) electrons. The number of benzene rings is 1. The molecule has 2 saturated carbocycles. The molecule has 4 heteroatoms. The van der Waals surface area contributed by atoms with Crippen LogP contribution in [-0.4, -0.2) is 6.04 Å². The summed E-state index contributed by atoms with van der Waals surface area (Å²) in [6.45, 7) is 0. The van der Waals surface area contributed by atoms with Gasteiger partial charge in [0.15, 0.2) is 0 Å². The molecule has 1 aromatic rings. The van der Waals surface area contributed by atoms with E-state index in [-0.39, 0.29) is 6.04 Å². The Morgan fingerprint density at radius 3 is 2.68 bits per heavy atom. The van der Waals surface area contributed by atoms with Gasteiger partial charge in [0.1, 0.15) is 11.6 Å². The summed E-state index contributed by atoms with van der Waals surface area (Å²) in [6.07, 6.45) is 4.94. The highest BCUT2D eigenvalue weighted by Gasteiger charge is 2.50. The summed E-state index contributed by atoms with van der Waals surface area (Å²) in [5, 5.41) is 0. The van der Waals surface area contributed by atoms with Gasteiger partial charge in [-0.05, 0) is 49.5 Å². The van der Waals surface area contributed by atoms with E-state index in [2.05, 4.69) is 10.9 Å². The van der Waals surface area contributed by atoms with Gasteiger partial charge >= 0.3 is 0 Å². The maximum atomic E-state index is 13.9. The number of hydrogen-bond acceptors (Lipinski definition) is 2. The minimum Gasteiger partial charge on any atom is -0.254 e. The minimum absolute atomic E-state index is 0.0406. The Balaban J connectivity index is 1.57. The molecule has 2 aliphatic carbocycles. The van der Waals surface area contributed by atoms with Crippen LogP contribution in [0.1, 0.15) is 37.3 Å². The average molecular weight is 264 g/mol. The van der Waals surface area contributed by atoms with Crippen LogP contribution in [-0.2, 0) is 0 Å². The molecular formula is C15H18F2N2. The average Bonchev–Trinajstić information content (AvgIpc) is 3.00. The summed E-state index contributed by atoms with van der Waals surface area (Å²) in [5.41, 5.74) is 7.21. The van der Waals surface area contributed by atoms with Crippen molar-refractivity contribution in [1.82, 2.24) is 10.9 Å². The number of rotatable bonds is 1. The highest BCUT2D eigenvalue weighted by atomic mass is 19.1. The molecule has 0 amide bonds. The van der Waals surface area contributed by atoms with Gasteiger partial charge < -0.3 is 0 Å². The van der Waals surface area contributed by atoms with Crippen LogP contribution in [0.3, 0.4) is 0 Å². The maximum absolute atomic E-state index is 13.9. The van der Waals surface area contributed by atoms with Crippen molar-refractivity contribution in [2.45, 2.75) is 37.8 Å². The number of fused-ring (bicyclic) bond motifs is 5. The fourth-order valence-corrected chi connectivity index (χ4v) is 4.49. The van der Waals surface area contributed by atoms with Gasteiger partial charge in [0.05, 0.1) is 0 Å². The molecule has 1 heterocycles. The molecule has 4 rings (SSSR count). The first-order chi connectivity index (χ1) is 9.22. The van der Waals surface area contributed by atoms with E-state index < -0.39 is 11.6 Å². The zero-order valence-corrected chi connectivity index (χ0v) is 10.7. The summed E-state index contributed by atoms with van der Waals surface area (Å²) in [7, 11) is 0. The molecule has 19 heavy (non-hydrogen) atoms. The Morgan fingerprint density at radius 1 is 1.00 bits per heavy atom. The van der Waals surface area contributed by atoms with E-state index in [0.29, 0.717) is 17.5 Å². The lowest BCUT2D eigenvalue weighted by atomic mass is 9.78. The Kier molecular flexibility index (Phi) is 2.64. The summed E-state index contributed by atoms with van der Waals surface area (Å²) in [6, 6.07) is 4.40. The molecule has 3 fully saturated rings. The Hall–Kier alpha value is -1.00. The quantitative estimate of drug-likeness (QED) is 0.815. The zero-order chi connectivity index (χ0) is 13.0. The molecule has 3 aliphatic rings. The number of hydrazine groups is 1. The first kappa shape index (κ1) is 11.8. The monoisotopic (exact) mass is 264 g/mol. The fourth-order valence-electron chi connectivity index (χ4n) is 4.49. The van der Waals surface area contributed by atoms with Gasteiger partial charge in [-0.15, -0.1) is 0 Å². The lowest BCUT2D eigenvalue weighted by Gasteiger charge is -2.40. The number of nitrogens with one attached hydrogen (secondary N) is 2. The molecule has 1 saturated heterocycles. The van der Waals surface area contributed by atoms with E-state index >= 15 is 0 Å². The van der Waals surface area contributed by atoms with Crippen molar-refractivity contribution >= 4 is 0 Å². The van der Waals surface area contributed by atoms with Crippen LogP contribution < -0.4 is 10.9 Å². The van der Waals surface area contributed by atoms with Crippen molar-refractivity contribution in [1.29, 1.82) is 0 Å². The van der Waals surface area contributed by atoms with Gasteiger partial charge in [0.25, 0.3) is 0 Å². The molecule has 5 unspecified atom stereocenters. The first-order valence-corrected chi connectivity index (χ1v) is 7.18. The van der Waals surface area contributed by atoms with Gasteiger partial charge in [-0.2, -0.15) is 0 Å². The fraction of sp³-hybridized carbons (Fsp3) is 0.600. The predicted molar refractivity (Wildman–Crippen MR) is 68.1 cm³/mol. The summed E-state index contributed by atoms with van der Waals surface area (Å²) in [5.74, 6) is 1.29. The second-order valence-electron chi connectivity index (χ2n) is 6.27. The SMILES string of the molecule is Fc1ccc(C2CC3C4CCC(C4)C3NN2)c(F)c1. The van der Waals surface area contributed by atoms with Crippen LogP contribution in [0.2, 0.25) is 0 Å². The van der Waals surface area contributed by atoms with E-state index in [4.69, 9.17) is 0 Å². The first-order valence-electron chi connectivity index (χ1n) is 7.18. The van der Waals surface area contributed by atoms with E-state index in [1.807, 2.05) is 0 Å². The molecule has 1 aliphatic heterocycles. The molecule has 102 valence electrons. The van der Waals surface area contributed by atoms with E-state index in [1.165, 1.54) is 25.3 Å². The summed E-state index contributed by atoms with van der Waals surface area (Å²) >= 11 is 0.